The lowest BCUT2D eigenvalue weighted by Gasteiger charge is -2.32. The van der Waals surface area contributed by atoms with Gasteiger partial charge in [0.1, 0.15) is 5.75 Å². The first-order valence-corrected chi connectivity index (χ1v) is 11.0. The average molecular weight is 423 g/mol. The number of carbonyl (C=O) groups is 1. The minimum Gasteiger partial charge on any atom is -0.496 e. The van der Waals surface area contributed by atoms with Crippen LogP contribution in [0.15, 0.2) is 48.1 Å². The molecule has 0 radical (unpaired) electrons. The van der Waals surface area contributed by atoms with Gasteiger partial charge in [-0.15, -0.1) is 11.3 Å². The molecule has 1 aliphatic rings. The van der Waals surface area contributed by atoms with Crippen molar-refractivity contribution in [3.63, 3.8) is 0 Å². The number of benzene rings is 1. The molecule has 3 heterocycles. The predicted molar refractivity (Wildman–Crippen MR) is 119 cm³/mol. The Morgan fingerprint density at radius 1 is 1.33 bits per heavy atom. The van der Waals surface area contributed by atoms with Gasteiger partial charge in [-0.2, -0.15) is 0 Å². The van der Waals surface area contributed by atoms with Gasteiger partial charge in [0.15, 0.2) is 0 Å². The van der Waals surface area contributed by atoms with E-state index in [1.54, 1.807) is 24.6 Å². The normalized spacial score (nSPS) is 16.3. The number of thiazole rings is 1. The Morgan fingerprint density at radius 3 is 3.03 bits per heavy atom. The second-order valence-corrected chi connectivity index (χ2v) is 8.41. The Hall–Kier alpha value is -2.93. The van der Waals surface area contributed by atoms with E-state index in [-0.39, 0.29) is 11.9 Å². The molecular formula is C23H26N4O2S. The summed E-state index contributed by atoms with van der Waals surface area (Å²) < 4.78 is 5.47. The Labute approximate surface area is 180 Å². The zero-order chi connectivity index (χ0) is 20.9. The molecule has 2 aromatic heterocycles. The van der Waals surface area contributed by atoms with Crippen LogP contribution < -0.4 is 10.1 Å². The van der Waals surface area contributed by atoms with Gasteiger partial charge < -0.3 is 15.0 Å². The number of para-hydroxylation sites is 1. The predicted octanol–water partition coefficient (Wildman–Crippen LogP) is 4.61. The molecule has 7 heteroatoms. The molecule has 1 N–H and O–H groups in total. The van der Waals surface area contributed by atoms with Crippen molar-refractivity contribution in [3.05, 3.63) is 64.2 Å². The van der Waals surface area contributed by atoms with Gasteiger partial charge in [-0.05, 0) is 49.1 Å². The van der Waals surface area contributed by atoms with Crippen LogP contribution in [-0.4, -0.2) is 41.1 Å². The maximum absolute atomic E-state index is 12.7. The van der Waals surface area contributed by atoms with E-state index in [4.69, 9.17) is 9.72 Å². The molecule has 30 heavy (non-hydrogen) atoms. The fourth-order valence-electron chi connectivity index (χ4n) is 3.80. The van der Waals surface area contributed by atoms with Crippen LogP contribution in [0.5, 0.6) is 5.75 Å². The number of nitrogens with one attached hydrogen (secondary N) is 1. The molecule has 3 aromatic rings. The lowest BCUT2D eigenvalue weighted by Crippen LogP contribution is -2.44. The quantitative estimate of drug-likeness (QED) is 0.652. The average Bonchev–Trinajstić information content (AvgIpc) is 3.28. The van der Waals surface area contributed by atoms with Crippen molar-refractivity contribution < 1.29 is 9.53 Å². The first-order chi connectivity index (χ1) is 14.7. The maximum atomic E-state index is 12.7. The Kier molecular flexibility index (Phi) is 6.28. The fourth-order valence-corrected chi connectivity index (χ4v) is 4.75. The molecule has 1 atom stereocenters. The van der Waals surface area contributed by atoms with Gasteiger partial charge >= 0.3 is 6.03 Å². The Morgan fingerprint density at radius 2 is 2.20 bits per heavy atom. The number of piperidine rings is 1. The molecule has 1 aromatic carbocycles. The van der Waals surface area contributed by atoms with Crippen molar-refractivity contribution in [2.24, 2.45) is 0 Å². The van der Waals surface area contributed by atoms with E-state index in [0.717, 1.165) is 52.5 Å². The zero-order valence-corrected chi connectivity index (χ0v) is 18.1. The van der Waals surface area contributed by atoms with Crippen molar-refractivity contribution in [1.29, 1.82) is 0 Å². The SMILES string of the molecule is COc1ccccc1-c1csc(C2CCCN(C(=O)NCc3ccncc3C)C2)n1. The first kappa shape index (κ1) is 20.3. The van der Waals surface area contributed by atoms with E-state index in [1.165, 1.54) is 0 Å². The second kappa shape index (κ2) is 9.26. The van der Waals surface area contributed by atoms with E-state index in [9.17, 15) is 4.79 Å². The number of aromatic nitrogens is 2. The summed E-state index contributed by atoms with van der Waals surface area (Å²) in [5, 5.41) is 6.22. The molecule has 4 rings (SSSR count). The van der Waals surface area contributed by atoms with Gasteiger partial charge in [-0.1, -0.05) is 12.1 Å². The van der Waals surface area contributed by atoms with Crippen molar-refractivity contribution in [2.75, 3.05) is 20.2 Å². The lowest BCUT2D eigenvalue weighted by molar-refractivity contribution is 0.179. The molecule has 1 unspecified atom stereocenters. The molecule has 0 saturated carbocycles. The molecule has 156 valence electrons. The summed E-state index contributed by atoms with van der Waals surface area (Å²) in [6, 6.07) is 9.86. The van der Waals surface area contributed by atoms with E-state index in [1.807, 2.05) is 48.4 Å². The minimum atomic E-state index is -0.0163. The van der Waals surface area contributed by atoms with Gasteiger partial charge in [0.2, 0.25) is 0 Å². The largest absolute Gasteiger partial charge is 0.496 e. The summed E-state index contributed by atoms with van der Waals surface area (Å²) in [5.41, 5.74) is 4.11. The third-order valence-electron chi connectivity index (χ3n) is 5.53. The smallest absolute Gasteiger partial charge is 0.317 e. The number of likely N-dealkylation sites (tertiary alicyclic amines) is 1. The maximum Gasteiger partial charge on any atom is 0.317 e. The number of methoxy groups -OCH3 is 1. The van der Waals surface area contributed by atoms with Crippen LogP contribution >= 0.6 is 11.3 Å². The van der Waals surface area contributed by atoms with Crippen LogP contribution in [0.25, 0.3) is 11.3 Å². The molecule has 1 fully saturated rings. The van der Waals surface area contributed by atoms with Crippen molar-refractivity contribution >= 4 is 17.4 Å². The standard InChI is InChI=1S/C23H26N4O2S/c1-16-12-24-10-9-17(16)13-25-23(28)27-11-5-6-18(14-27)22-26-20(15-30-22)19-7-3-4-8-21(19)29-2/h3-4,7-10,12,15,18H,5-6,11,13-14H2,1-2H3,(H,25,28). The Balaban J connectivity index is 1.41. The van der Waals surface area contributed by atoms with Crippen molar-refractivity contribution in [2.45, 2.75) is 32.2 Å². The third-order valence-corrected chi connectivity index (χ3v) is 6.54. The molecule has 0 aliphatic carbocycles. The number of carbonyl (C=O) groups excluding carboxylic acids is 1. The number of hydrogen-bond donors (Lipinski definition) is 1. The van der Waals surface area contributed by atoms with Crippen molar-refractivity contribution in [3.8, 4) is 17.0 Å². The number of hydrogen-bond acceptors (Lipinski definition) is 5. The third kappa shape index (κ3) is 4.46. The zero-order valence-electron chi connectivity index (χ0n) is 17.3. The van der Waals surface area contributed by atoms with E-state index in [2.05, 4.69) is 15.7 Å². The summed E-state index contributed by atoms with van der Waals surface area (Å²) >= 11 is 1.66. The van der Waals surface area contributed by atoms with E-state index in [0.29, 0.717) is 13.1 Å². The van der Waals surface area contributed by atoms with E-state index >= 15 is 0 Å². The van der Waals surface area contributed by atoms with Crippen LogP contribution in [0.2, 0.25) is 0 Å². The topological polar surface area (TPSA) is 67.3 Å². The van der Waals surface area contributed by atoms with Gasteiger partial charge in [0.25, 0.3) is 0 Å². The first-order valence-electron chi connectivity index (χ1n) is 10.2. The number of rotatable bonds is 5. The summed E-state index contributed by atoms with van der Waals surface area (Å²) in [6.07, 6.45) is 5.61. The highest BCUT2D eigenvalue weighted by atomic mass is 32.1. The van der Waals surface area contributed by atoms with Crippen LogP contribution in [0.4, 0.5) is 4.79 Å². The molecule has 0 spiro atoms. The number of aryl methyl sites for hydroxylation is 1. The second-order valence-electron chi connectivity index (χ2n) is 7.52. The van der Waals surface area contributed by atoms with Gasteiger partial charge in [0, 0.05) is 48.9 Å². The van der Waals surface area contributed by atoms with Crippen LogP contribution in [0.3, 0.4) is 0 Å². The lowest BCUT2D eigenvalue weighted by atomic mass is 9.99. The minimum absolute atomic E-state index is 0.0163. The monoisotopic (exact) mass is 422 g/mol. The molecule has 6 nitrogen and oxygen atoms in total. The van der Waals surface area contributed by atoms with Gasteiger partial charge in [-0.25, -0.2) is 9.78 Å². The number of urea groups is 1. The van der Waals surface area contributed by atoms with Gasteiger partial charge in [0.05, 0.1) is 17.8 Å². The van der Waals surface area contributed by atoms with Crippen LogP contribution in [-0.2, 0) is 6.54 Å². The summed E-state index contributed by atoms with van der Waals surface area (Å²) in [6.45, 7) is 4.00. The highest BCUT2D eigenvalue weighted by molar-refractivity contribution is 7.10. The molecule has 1 aliphatic heterocycles. The molecule has 1 saturated heterocycles. The highest BCUT2D eigenvalue weighted by Gasteiger charge is 2.27. The number of nitrogens with zero attached hydrogens (tertiary/aromatic N) is 3. The van der Waals surface area contributed by atoms with Crippen LogP contribution in [0.1, 0.15) is 34.9 Å². The van der Waals surface area contributed by atoms with Crippen LogP contribution in [0, 0.1) is 6.92 Å². The summed E-state index contributed by atoms with van der Waals surface area (Å²) in [4.78, 5) is 23.6. The molecule has 2 amide bonds. The number of pyridine rings is 1. The van der Waals surface area contributed by atoms with Crippen molar-refractivity contribution in [1.82, 2.24) is 20.2 Å². The number of ether oxygens (including phenoxy) is 1. The molecule has 0 bridgehead atoms. The molecular weight excluding hydrogens is 396 g/mol. The van der Waals surface area contributed by atoms with Gasteiger partial charge in [-0.3, -0.25) is 4.98 Å². The van der Waals surface area contributed by atoms with E-state index < -0.39 is 0 Å². The highest BCUT2D eigenvalue weighted by Crippen LogP contribution is 2.35. The summed E-state index contributed by atoms with van der Waals surface area (Å²) in [7, 11) is 1.68. The fraction of sp³-hybridized carbons (Fsp3) is 0.348. The number of amides is 2. The Bertz CT molecular complexity index is 1020. The summed E-state index contributed by atoms with van der Waals surface area (Å²) in [5.74, 6) is 1.09.